The van der Waals surface area contributed by atoms with Crippen molar-refractivity contribution in [1.29, 1.82) is 0 Å². The summed E-state index contributed by atoms with van der Waals surface area (Å²) in [5, 5.41) is 4.73. The number of methoxy groups -OCH3 is 1. The number of hydrogen-bond donors (Lipinski definition) is 1. The van der Waals surface area contributed by atoms with Gasteiger partial charge in [-0.2, -0.15) is 0 Å². The third-order valence-corrected chi connectivity index (χ3v) is 5.35. The van der Waals surface area contributed by atoms with E-state index in [9.17, 15) is 0 Å². The van der Waals surface area contributed by atoms with Crippen molar-refractivity contribution in [2.45, 2.75) is 12.1 Å². The Bertz CT molecular complexity index is 947. The molecule has 8 heteroatoms. The molecule has 3 aromatic heterocycles. The van der Waals surface area contributed by atoms with Crippen molar-refractivity contribution in [3.63, 3.8) is 0 Å². The van der Waals surface area contributed by atoms with Crippen molar-refractivity contribution >= 4 is 28.9 Å². The van der Waals surface area contributed by atoms with Crippen LogP contribution in [0.4, 0.5) is 0 Å². The second kappa shape index (κ2) is 8.26. The minimum Gasteiger partial charge on any atom is -0.383 e. The number of thiocarbonyl (C=S) groups is 1. The number of nitrogens with zero attached hydrogens (tertiary/aromatic N) is 4. The van der Waals surface area contributed by atoms with E-state index in [1.165, 1.54) is 0 Å². The molecule has 3 aromatic rings. The van der Waals surface area contributed by atoms with Crippen LogP contribution in [0.5, 0.6) is 0 Å². The van der Waals surface area contributed by atoms with Crippen LogP contribution in [0.25, 0.3) is 5.82 Å². The predicted molar refractivity (Wildman–Crippen MR) is 113 cm³/mol. The number of hydrogen-bond acceptors (Lipinski definition) is 4. The van der Waals surface area contributed by atoms with Gasteiger partial charge in [-0.05, 0) is 48.6 Å². The summed E-state index contributed by atoms with van der Waals surface area (Å²) in [6, 6.07) is 13.6. The zero-order valence-corrected chi connectivity index (χ0v) is 16.9. The third kappa shape index (κ3) is 3.61. The maximum Gasteiger partial charge on any atom is 0.170 e. The van der Waals surface area contributed by atoms with Crippen molar-refractivity contribution < 1.29 is 4.74 Å². The van der Waals surface area contributed by atoms with E-state index in [-0.39, 0.29) is 12.1 Å². The van der Waals surface area contributed by atoms with Gasteiger partial charge >= 0.3 is 0 Å². The molecule has 1 aliphatic heterocycles. The van der Waals surface area contributed by atoms with Crippen LogP contribution >= 0.6 is 23.8 Å². The van der Waals surface area contributed by atoms with E-state index in [1.807, 2.05) is 42.6 Å². The first kappa shape index (κ1) is 18.9. The first-order valence-corrected chi connectivity index (χ1v) is 9.74. The lowest BCUT2D eigenvalue weighted by atomic mass is 10.0. The van der Waals surface area contributed by atoms with E-state index in [0.717, 1.165) is 17.2 Å². The van der Waals surface area contributed by atoms with E-state index in [0.29, 0.717) is 23.3 Å². The molecular formula is C20H20ClN5OS. The molecule has 144 valence electrons. The van der Waals surface area contributed by atoms with Crippen LogP contribution in [0.1, 0.15) is 23.5 Å². The molecule has 1 N–H and O–H groups in total. The summed E-state index contributed by atoms with van der Waals surface area (Å²) in [5.74, 6) is 0.800. The predicted octanol–water partition coefficient (Wildman–Crippen LogP) is 3.54. The standard InChI is InChI=1S/C20H20ClN5OS/c1-27-12-11-26-19(18(24-20(26)28)15-5-2-3-9-22-15)16-6-4-10-25(16)17-8-7-14(21)13-23-17/h2-10,13,18-19H,11-12H2,1H3,(H,24,28)/t18-,19-/m1/s1. The van der Waals surface area contributed by atoms with Gasteiger partial charge in [0, 0.05) is 37.9 Å². The average molecular weight is 414 g/mol. The molecule has 6 nitrogen and oxygen atoms in total. The molecule has 0 unspecified atom stereocenters. The fourth-order valence-corrected chi connectivity index (χ4v) is 3.96. The Balaban J connectivity index is 1.78. The second-order valence-electron chi connectivity index (χ2n) is 6.45. The van der Waals surface area contributed by atoms with Crippen LogP contribution in [-0.4, -0.2) is 44.8 Å². The number of ether oxygens (including phenoxy) is 1. The molecule has 1 fully saturated rings. The van der Waals surface area contributed by atoms with Gasteiger partial charge in [0.2, 0.25) is 0 Å². The van der Waals surface area contributed by atoms with Crippen LogP contribution in [0.2, 0.25) is 5.02 Å². The summed E-state index contributed by atoms with van der Waals surface area (Å²) in [4.78, 5) is 11.2. The van der Waals surface area contributed by atoms with E-state index < -0.39 is 0 Å². The van der Waals surface area contributed by atoms with E-state index in [2.05, 4.69) is 30.8 Å². The van der Waals surface area contributed by atoms with Gasteiger partial charge in [0.1, 0.15) is 5.82 Å². The second-order valence-corrected chi connectivity index (χ2v) is 7.27. The Morgan fingerprint density at radius 3 is 2.79 bits per heavy atom. The zero-order chi connectivity index (χ0) is 19.5. The summed E-state index contributed by atoms with van der Waals surface area (Å²) >= 11 is 11.7. The smallest absolute Gasteiger partial charge is 0.170 e. The van der Waals surface area contributed by atoms with Crippen molar-refractivity contribution in [2.24, 2.45) is 0 Å². The molecule has 0 bridgehead atoms. The quantitative estimate of drug-likeness (QED) is 0.624. The van der Waals surface area contributed by atoms with E-state index in [1.54, 1.807) is 19.5 Å². The number of pyridine rings is 2. The van der Waals surface area contributed by atoms with Crippen LogP contribution in [-0.2, 0) is 4.74 Å². The lowest BCUT2D eigenvalue weighted by Crippen LogP contribution is -2.33. The average Bonchev–Trinajstić information content (AvgIpc) is 3.32. The fourth-order valence-electron chi connectivity index (χ4n) is 3.51. The van der Waals surface area contributed by atoms with Gasteiger partial charge in [0.05, 0.1) is 29.4 Å². The van der Waals surface area contributed by atoms with Gasteiger partial charge < -0.3 is 19.5 Å². The number of nitrogens with one attached hydrogen (secondary N) is 1. The summed E-state index contributed by atoms with van der Waals surface area (Å²) < 4.78 is 7.37. The number of aromatic nitrogens is 3. The first-order valence-electron chi connectivity index (χ1n) is 8.95. The highest BCUT2D eigenvalue weighted by molar-refractivity contribution is 7.80. The molecule has 0 spiro atoms. The first-order chi connectivity index (χ1) is 13.7. The van der Waals surface area contributed by atoms with Crippen molar-refractivity contribution in [1.82, 2.24) is 24.8 Å². The minimum atomic E-state index is -0.0773. The van der Waals surface area contributed by atoms with Crippen molar-refractivity contribution in [3.8, 4) is 5.82 Å². The largest absolute Gasteiger partial charge is 0.383 e. The molecular weight excluding hydrogens is 394 g/mol. The third-order valence-electron chi connectivity index (χ3n) is 4.78. The molecule has 0 amide bonds. The summed E-state index contributed by atoms with van der Waals surface area (Å²) in [7, 11) is 1.69. The topological polar surface area (TPSA) is 55.2 Å². The van der Waals surface area contributed by atoms with E-state index >= 15 is 0 Å². The highest BCUT2D eigenvalue weighted by Crippen LogP contribution is 2.39. The Labute approximate surface area is 174 Å². The lowest BCUT2D eigenvalue weighted by Gasteiger charge is -2.28. The van der Waals surface area contributed by atoms with Crippen molar-refractivity contribution in [2.75, 3.05) is 20.3 Å². The molecule has 1 saturated heterocycles. The molecule has 1 aliphatic rings. The monoisotopic (exact) mass is 413 g/mol. The number of halogens is 1. The molecule has 0 aromatic carbocycles. The molecule has 0 aliphatic carbocycles. The number of rotatable bonds is 6. The van der Waals surface area contributed by atoms with E-state index in [4.69, 9.17) is 28.6 Å². The zero-order valence-electron chi connectivity index (χ0n) is 15.3. The summed E-state index contributed by atoms with van der Waals surface area (Å²) in [6.45, 7) is 1.25. The van der Waals surface area contributed by atoms with Crippen LogP contribution < -0.4 is 5.32 Å². The molecule has 28 heavy (non-hydrogen) atoms. The Morgan fingerprint density at radius 1 is 1.18 bits per heavy atom. The highest BCUT2D eigenvalue weighted by atomic mass is 35.5. The lowest BCUT2D eigenvalue weighted by molar-refractivity contribution is 0.163. The van der Waals surface area contributed by atoms with Gasteiger partial charge in [-0.15, -0.1) is 0 Å². The van der Waals surface area contributed by atoms with Crippen LogP contribution in [0, 0.1) is 0 Å². The maximum atomic E-state index is 6.01. The van der Waals surface area contributed by atoms with Gasteiger partial charge in [-0.1, -0.05) is 17.7 Å². The van der Waals surface area contributed by atoms with Crippen LogP contribution in [0.3, 0.4) is 0 Å². The van der Waals surface area contributed by atoms with Gasteiger partial charge in [0.15, 0.2) is 5.11 Å². The summed E-state index contributed by atoms with van der Waals surface area (Å²) in [5.41, 5.74) is 2.00. The Hall–Kier alpha value is -2.48. The van der Waals surface area contributed by atoms with Gasteiger partial charge in [-0.25, -0.2) is 4.98 Å². The molecule has 4 heterocycles. The highest BCUT2D eigenvalue weighted by Gasteiger charge is 2.41. The molecule has 4 rings (SSSR count). The van der Waals surface area contributed by atoms with Gasteiger partial charge in [0.25, 0.3) is 0 Å². The Morgan fingerprint density at radius 2 is 2.07 bits per heavy atom. The molecule has 0 saturated carbocycles. The van der Waals surface area contributed by atoms with Crippen molar-refractivity contribution in [3.05, 3.63) is 77.5 Å². The Kier molecular flexibility index (Phi) is 5.57. The minimum absolute atomic E-state index is 0.0509. The summed E-state index contributed by atoms with van der Waals surface area (Å²) in [6.07, 6.45) is 5.45. The maximum absolute atomic E-state index is 6.01. The van der Waals surface area contributed by atoms with Crippen LogP contribution in [0.15, 0.2) is 61.1 Å². The fraction of sp³-hybridized carbons (Fsp3) is 0.250. The van der Waals surface area contributed by atoms with Gasteiger partial charge in [-0.3, -0.25) is 4.98 Å². The normalized spacial score (nSPS) is 19.1. The molecule has 2 atom stereocenters. The molecule has 0 radical (unpaired) electrons. The SMILES string of the molecule is COCCN1C(=S)N[C@H](c2ccccn2)[C@H]1c1cccn1-c1ccc(Cl)cn1.